The van der Waals surface area contributed by atoms with Crippen LogP contribution in [0.3, 0.4) is 0 Å². The normalized spacial score (nSPS) is 11.3. The van der Waals surface area contributed by atoms with E-state index in [1.54, 1.807) is 0 Å². The Balaban J connectivity index is 0.000000182. The van der Waals surface area contributed by atoms with Crippen molar-refractivity contribution in [3.63, 3.8) is 0 Å². The molecule has 0 radical (unpaired) electrons. The number of para-hydroxylation sites is 3. The monoisotopic (exact) mass is 731 g/mol. The molecule has 0 bridgehead atoms. The average molecular weight is 731 g/mol. The molecule has 43 heavy (non-hydrogen) atoms. The van der Waals surface area contributed by atoms with E-state index in [2.05, 4.69) is 111 Å². The van der Waals surface area contributed by atoms with Crippen LogP contribution in [0.25, 0.3) is 66.1 Å². The second-order valence-corrected chi connectivity index (χ2v) is 10.6. The molecule has 206 valence electrons. The first-order valence-corrected chi connectivity index (χ1v) is 14.1. The van der Waals surface area contributed by atoms with Crippen molar-refractivity contribution in [2.24, 2.45) is 7.05 Å². The van der Waals surface area contributed by atoms with Crippen molar-refractivity contribution in [1.82, 2.24) is 14.0 Å². The van der Waals surface area contributed by atoms with Gasteiger partial charge in [0.15, 0.2) is 0 Å². The van der Waals surface area contributed by atoms with Gasteiger partial charge in [0.1, 0.15) is 0 Å². The molecular weight excluding hydrogens is 705 g/mol. The molecule has 9 rings (SSSR count). The number of imidazole rings is 1. The van der Waals surface area contributed by atoms with E-state index in [-0.39, 0.29) is 20.1 Å². The third-order valence-electron chi connectivity index (χ3n) is 8.00. The van der Waals surface area contributed by atoms with Crippen molar-refractivity contribution in [2.45, 2.75) is 6.92 Å². The molecule has 0 amide bonds. The number of fused-ring (bicyclic) bond motifs is 8. The largest absolute Gasteiger partial charge is 3.00 e. The van der Waals surface area contributed by atoms with Gasteiger partial charge in [-0.3, -0.25) is 0 Å². The van der Waals surface area contributed by atoms with Gasteiger partial charge in [0.25, 0.3) is 0 Å². The SMILES string of the molecule is C[n+]1[c-]n(-c2[c-]cccc2)c2c3c4cccc5c6ccccc6n(c3ccc21)c54.Cc1ccc(-c2[c-]cccc2)nc1.[Ir+3]. The van der Waals surface area contributed by atoms with Crippen LogP contribution >= 0.6 is 0 Å². The molecule has 0 unspecified atom stereocenters. The molecule has 0 aliphatic carbocycles. The van der Waals surface area contributed by atoms with Crippen LogP contribution in [0.4, 0.5) is 0 Å². The Hall–Kier alpha value is -4.83. The smallest absolute Gasteiger partial charge is 0.341 e. The molecule has 0 saturated carbocycles. The van der Waals surface area contributed by atoms with E-state index in [9.17, 15) is 0 Å². The van der Waals surface area contributed by atoms with Gasteiger partial charge in [0, 0.05) is 33.3 Å². The molecule has 4 nitrogen and oxygen atoms in total. The summed E-state index contributed by atoms with van der Waals surface area (Å²) < 4.78 is 6.63. The van der Waals surface area contributed by atoms with Gasteiger partial charge in [-0.15, -0.1) is 35.9 Å². The van der Waals surface area contributed by atoms with E-state index >= 15 is 0 Å². The number of pyridine rings is 1. The van der Waals surface area contributed by atoms with Gasteiger partial charge in [-0.1, -0.05) is 60.3 Å². The van der Waals surface area contributed by atoms with E-state index < -0.39 is 0 Å². The van der Waals surface area contributed by atoms with Gasteiger partial charge >= 0.3 is 20.1 Å². The zero-order chi connectivity index (χ0) is 28.2. The van der Waals surface area contributed by atoms with Crippen LogP contribution < -0.4 is 4.57 Å². The molecule has 0 aliphatic rings. The van der Waals surface area contributed by atoms with Crippen LogP contribution in [0.5, 0.6) is 0 Å². The van der Waals surface area contributed by atoms with E-state index in [0.29, 0.717) is 0 Å². The molecule has 0 saturated heterocycles. The third-order valence-corrected chi connectivity index (χ3v) is 8.00. The topological polar surface area (TPSA) is 26.1 Å². The third kappa shape index (κ3) is 4.32. The molecule has 5 aromatic carbocycles. The molecule has 4 aromatic heterocycles. The number of hydrogen-bond donors (Lipinski definition) is 0. The summed E-state index contributed by atoms with van der Waals surface area (Å²) in [5.41, 5.74) is 10.3. The predicted molar refractivity (Wildman–Crippen MR) is 170 cm³/mol. The Bertz CT molecular complexity index is 2350. The number of hydrogen-bond acceptors (Lipinski definition) is 1. The van der Waals surface area contributed by atoms with Crippen LogP contribution in [0.15, 0.2) is 121 Å². The zero-order valence-electron chi connectivity index (χ0n) is 23.7. The van der Waals surface area contributed by atoms with Crippen molar-refractivity contribution in [3.05, 3.63) is 145 Å². The summed E-state index contributed by atoms with van der Waals surface area (Å²) in [5.74, 6) is 0. The quantitative estimate of drug-likeness (QED) is 0.131. The molecule has 9 aromatic rings. The summed E-state index contributed by atoms with van der Waals surface area (Å²) in [6, 6.07) is 46.3. The van der Waals surface area contributed by atoms with E-state index in [0.717, 1.165) is 22.5 Å². The van der Waals surface area contributed by atoms with Gasteiger partial charge in [-0.05, 0) is 30.3 Å². The molecule has 5 heteroatoms. The fourth-order valence-electron chi connectivity index (χ4n) is 6.12. The van der Waals surface area contributed by atoms with Crippen molar-refractivity contribution >= 4 is 49.1 Å². The molecule has 0 aliphatic heterocycles. The Morgan fingerprint density at radius 1 is 0.674 bits per heavy atom. The van der Waals surface area contributed by atoms with Crippen LogP contribution in [0.2, 0.25) is 0 Å². The van der Waals surface area contributed by atoms with Crippen LogP contribution in [0.1, 0.15) is 5.56 Å². The maximum absolute atomic E-state index is 4.32. The minimum atomic E-state index is 0. The van der Waals surface area contributed by atoms with Crippen molar-refractivity contribution < 1.29 is 24.7 Å². The fourth-order valence-corrected chi connectivity index (χ4v) is 6.12. The van der Waals surface area contributed by atoms with Gasteiger partial charge in [-0.25, -0.2) is 0 Å². The summed E-state index contributed by atoms with van der Waals surface area (Å²) >= 11 is 0. The van der Waals surface area contributed by atoms with E-state index in [4.69, 9.17) is 0 Å². The summed E-state index contributed by atoms with van der Waals surface area (Å²) in [6.45, 7) is 2.03. The van der Waals surface area contributed by atoms with Gasteiger partial charge < -0.3 is 18.5 Å². The Morgan fingerprint density at radius 2 is 1.44 bits per heavy atom. The van der Waals surface area contributed by atoms with Gasteiger partial charge in [-0.2, -0.15) is 30.3 Å². The second-order valence-electron chi connectivity index (χ2n) is 10.6. The second kappa shape index (κ2) is 10.8. The average Bonchev–Trinajstić information content (AvgIpc) is 3.69. The molecule has 0 N–H and O–H groups in total. The molecule has 0 atom stereocenters. The van der Waals surface area contributed by atoms with Crippen molar-refractivity contribution in [2.75, 3.05) is 0 Å². The van der Waals surface area contributed by atoms with E-state index in [1.165, 1.54) is 49.2 Å². The first-order valence-electron chi connectivity index (χ1n) is 14.1. The van der Waals surface area contributed by atoms with Crippen LogP contribution in [-0.2, 0) is 27.2 Å². The zero-order valence-corrected chi connectivity index (χ0v) is 26.1. The van der Waals surface area contributed by atoms with E-state index in [1.807, 2.05) is 61.7 Å². The minimum Gasteiger partial charge on any atom is -0.341 e. The maximum atomic E-state index is 4.32. The number of aryl methyl sites for hydroxylation is 2. The maximum Gasteiger partial charge on any atom is 3.00 e. The number of nitrogens with zero attached hydrogens (tertiary/aromatic N) is 4. The first-order chi connectivity index (χ1) is 20.7. The summed E-state index contributed by atoms with van der Waals surface area (Å²) in [4.78, 5) is 4.32. The predicted octanol–water partition coefficient (Wildman–Crippen LogP) is 8.06. The summed E-state index contributed by atoms with van der Waals surface area (Å²) in [7, 11) is 2.05. The van der Waals surface area contributed by atoms with Crippen molar-refractivity contribution in [3.8, 4) is 16.9 Å². The number of rotatable bonds is 2. The summed E-state index contributed by atoms with van der Waals surface area (Å²) in [6.07, 6.45) is 5.35. The fraction of sp³-hybridized carbons (Fsp3) is 0.0526. The Morgan fingerprint density at radius 3 is 2.21 bits per heavy atom. The molecular formula is C38H26IrN4+. The van der Waals surface area contributed by atoms with Gasteiger partial charge in [0.2, 0.25) is 6.33 Å². The van der Waals surface area contributed by atoms with Crippen molar-refractivity contribution in [1.29, 1.82) is 0 Å². The number of aromatic nitrogens is 4. The number of benzene rings is 5. The van der Waals surface area contributed by atoms with Crippen LogP contribution in [0, 0.1) is 25.4 Å². The molecule has 0 spiro atoms. The Kier molecular flexibility index (Phi) is 6.77. The standard InChI is InChI=1S/C26H16N3.C12H10N.Ir/c1-27-16-28(17-8-3-2-4-9-17)26-23(27)15-14-22-24(26)20-12-7-11-19-18-10-5-6-13-21(18)29(22)25(19)20;1-10-7-8-12(13-9-10)11-5-3-2-4-6-11;/h2-8,10-15H,1H3;2-5,7-9H,1H3;/q2*-1;+3. The van der Waals surface area contributed by atoms with Crippen LogP contribution in [-0.4, -0.2) is 14.0 Å². The molecule has 0 fully saturated rings. The summed E-state index contributed by atoms with van der Waals surface area (Å²) in [5, 5.41) is 5.16. The van der Waals surface area contributed by atoms with Gasteiger partial charge in [0.05, 0.1) is 29.1 Å². The first kappa shape index (κ1) is 27.0. The molecule has 4 heterocycles. The Labute approximate surface area is 263 Å². The minimum absolute atomic E-state index is 0.